The van der Waals surface area contributed by atoms with Crippen molar-refractivity contribution in [1.82, 2.24) is 15.5 Å². The highest BCUT2D eigenvalue weighted by atomic mass is 32.1. The van der Waals surface area contributed by atoms with Crippen LogP contribution in [0, 0.1) is 12.8 Å². The van der Waals surface area contributed by atoms with E-state index in [-0.39, 0.29) is 6.09 Å². The van der Waals surface area contributed by atoms with Gasteiger partial charge in [0.1, 0.15) is 5.60 Å². The van der Waals surface area contributed by atoms with Crippen molar-refractivity contribution in [3.05, 3.63) is 21.9 Å². The Balaban J connectivity index is 1.85. The number of carbonyl (C=O) groups excluding carboxylic acids is 1. The van der Waals surface area contributed by atoms with Crippen molar-refractivity contribution in [3.63, 3.8) is 0 Å². The van der Waals surface area contributed by atoms with Crippen molar-refractivity contribution >= 4 is 23.4 Å². The maximum absolute atomic E-state index is 12.3. The first-order valence-corrected chi connectivity index (χ1v) is 10.6. The van der Waals surface area contributed by atoms with Crippen LogP contribution in [0.5, 0.6) is 0 Å². The number of aryl methyl sites for hydroxylation is 1. The average Bonchev–Trinajstić information content (AvgIpc) is 3.01. The van der Waals surface area contributed by atoms with Crippen molar-refractivity contribution in [3.8, 4) is 0 Å². The van der Waals surface area contributed by atoms with Gasteiger partial charge in [0, 0.05) is 35.9 Å². The SMILES string of the molecule is CCNC(=NCc1ccc(C)s1)NCC1CCCN(C(=O)OC(C)(C)C)C1. The minimum atomic E-state index is -0.451. The second kappa shape index (κ2) is 9.97. The molecule has 0 radical (unpaired) electrons. The van der Waals surface area contributed by atoms with Crippen molar-refractivity contribution in [2.24, 2.45) is 10.9 Å². The van der Waals surface area contributed by atoms with Crippen LogP contribution in [0.25, 0.3) is 0 Å². The number of hydrogen-bond donors (Lipinski definition) is 2. The Hall–Kier alpha value is -1.76. The van der Waals surface area contributed by atoms with Gasteiger partial charge >= 0.3 is 6.09 Å². The summed E-state index contributed by atoms with van der Waals surface area (Å²) < 4.78 is 5.51. The topological polar surface area (TPSA) is 66.0 Å². The number of nitrogens with zero attached hydrogens (tertiary/aromatic N) is 2. The van der Waals surface area contributed by atoms with E-state index < -0.39 is 5.60 Å². The summed E-state index contributed by atoms with van der Waals surface area (Å²) in [5, 5.41) is 6.74. The fourth-order valence-electron chi connectivity index (χ4n) is 3.03. The van der Waals surface area contributed by atoms with Crippen LogP contribution in [0.15, 0.2) is 17.1 Å². The molecule has 0 spiro atoms. The molecule has 2 heterocycles. The number of amides is 1. The largest absolute Gasteiger partial charge is 0.444 e. The first kappa shape index (κ1) is 21.5. The highest BCUT2D eigenvalue weighted by molar-refractivity contribution is 7.11. The molecule has 0 aromatic carbocycles. The van der Waals surface area contributed by atoms with Crippen LogP contribution < -0.4 is 10.6 Å². The number of likely N-dealkylation sites (tertiary alicyclic amines) is 1. The summed E-state index contributed by atoms with van der Waals surface area (Å²) in [5.41, 5.74) is -0.451. The van der Waals surface area contributed by atoms with Crippen LogP contribution in [-0.2, 0) is 11.3 Å². The zero-order valence-electron chi connectivity index (χ0n) is 17.3. The summed E-state index contributed by atoms with van der Waals surface area (Å²) in [6.45, 7) is 13.7. The molecule has 27 heavy (non-hydrogen) atoms. The molecule has 1 aromatic rings. The number of carbonyl (C=O) groups is 1. The lowest BCUT2D eigenvalue weighted by Crippen LogP contribution is -2.47. The molecule has 1 aromatic heterocycles. The van der Waals surface area contributed by atoms with Crippen molar-refractivity contribution in [2.75, 3.05) is 26.2 Å². The summed E-state index contributed by atoms with van der Waals surface area (Å²) >= 11 is 1.78. The number of piperidine rings is 1. The van der Waals surface area contributed by atoms with Crippen LogP contribution in [-0.4, -0.2) is 48.7 Å². The number of aliphatic imine (C=N–C) groups is 1. The molecule has 0 saturated carbocycles. The quantitative estimate of drug-likeness (QED) is 0.589. The molecular weight excluding hydrogens is 360 g/mol. The standard InChI is InChI=1S/C20H34N4O2S/c1-6-21-18(23-13-17-10-9-15(2)27-17)22-12-16-8-7-11-24(14-16)19(25)26-20(3,4)5/h9-10,16H,6-8,11-14H2,1-5H3,(H2,21,22,23). The van der Waals surface area contributed by atoms with Crippen LogP contribution in [0.2, 0.25) is 0 Å². The third-order valence-corrected chi connectivity index (χ3v) is 5.25. The summed E-state index contributed by atoms with van der Waals surface area (Å²) in [7, 11) is 0. The molecule has 7 heteroatoms. The molecule has 1 amide bonds. The molecule has 1 saturated heterocycles. The summed E-state index contributed by atoms with van der Waals surface area (Å²) in [6.07, 6.45) is 1.91. The zero-order chi connectivity index (χ0) is 19.9. The Morgan fingerprint density at radius 2 is 2.15 bits per heavy atom. The van der Waals surface area contributed by atoms with E-state index in [2.05, 4.69) is 41.6 Å². The fraction of sp³-hybridized carbons (Fsp3) is 0.700. The molecule has 2 N–H and O–H groups in total. The molecule has 0 aliphatic carbocycles. The van der Waals surface area contributed by atoms with Gasteiger partial charge in [-0.1, -0.05) is 0 Å². The lowest BCUT2D eigenvalue weighted by atomic mass is 9.98. The van der Waals surface area contributed by atoms with Gasteiger partial charge in [-0.3, -0.25) is 0 Å². The molecule has 152 valence electrons. The van der Waals surface area contributed by atoms with Gasteiger partial charge in [0.05, 0.1) is 6.54 Å². The smallest absolute Gasteiger partial charge is 0.410 e. The van der Waals surface area contributed by atoms with E-state index >= 15 is 0 Å². The predicted octanol–water partition coefficient (Wildman–Crippen LogP) is 3.76. The number of rotatable bonds is 5. The van der Waals surface area contributed by atoms with E-state index in [0.717, 1.165) is 45.0 Å². The zero-order valence-corrected chi connectivity index (χ0v) is 18.1. The van der Waals surface area contributed by atoms with Gasteiger partial charge in [-0.05, 0) is 65.5 Å². The minimum absolute atomic E-state index is 0.208. The highest BCUT2D eigenvalue weighted by Gasteiger charge is 2.27. The summed E-state index contributed by atoms with van der Waals surface area (Å²) in [6, 6.07) is 4.26. The third kappa shape index (κ3) is 7.79. The van der Waals surface area contributed by atoms with Gasteiger partial charge in [0.15, 0.2) is 5.96 Å². The Bertz CT molecular complexity index is 636. The van der Waals surface area contributed by atoms with Crippen LogP contribution in [0.4, 0.5) is 4.79 Å². The first-order chi connectivity index (χ1) is 12.8. The molecule has 1 aliphatic heterocycles. The molecule has 0 bridgehead atoms. The van der Waals surface area contributed by atoms with Gasteiger partial charge in [-0.15, -0.1) is 11.3 Å². The maximum Gasteiger partial charge on any atom is 0.410 e. The van der Waals surface area contributed by atoms with Crippen LogP contribution >= 0.6 is 11.3 Å². The van der Waals surface area contributed by atoms with E-state index in [1.165, 1.54) is 9.75 Å². The number of thiophene rings is 1. The Labute approximate surface area is 167 Å². The lowest BCUT2D eigenvalue weighted by Gasteiger charge is -2.34. The number of nitrogens with one attached hydrogen (secondary N) is 2. The highest BCUT2D eigenvalue weighted by Crippen LogP contribution is 2.19. The van der Waals surface area contributed by atoms with E-state index in [9.17, 15) is 4.79 Å². The first-order valence-electron chi connectivity index (χ1n) is 9.82. The molecule has 1 atom stereocenters. The number of guanidine groups is 1. The van der Waals surface area contributed by atoms with Gasteiger partial charge < -0.3 is 20.3 Å². The summed E-state index contributed by atoms with van der Waals surface area (Å²) in [4.78, 5) is 21.4. The molecule has 1 fully saturated rings. The maximum atomic E-state index is 12.3. The van der Waals surface area contributed by atoms with Crippen molar-refractivity contribution in [2.45, 2.75) is 59.6 Å². The van der Waals surface area contributed by atoms with E-state index in [0.29, 0.717) is 12.5 Å². The lowest BCUT2D eigenvalue weighted by molar-refractivity contribution is 0.0168. The minimum Gasteiger partial charge on any atom is -0.444 e. The molecule has 2 rings (SSSR count). The van der Waals surface area contributed by atoms with Crippen LogP contribution in [0.1, 0.15) is 50.3 Å². The summed E-state index contributed by atoms with van der Waals surface area (Å²) in [5.74, 6) is 1.23. The molecule has 6 nitrogen and oxygen atoms in total. The molecule has 1 aliphatic rings. The third-order valence-electron chi connectivity index (χ3n) is 4.26. The Kier molecular flexibility index (Phi) is 7.95. The molecular formula is C20H34N4O2S. The predicted molar refractivity (Wildman–Crippen MR) is 112 cm³/mol. The average molecular weight is 395 g/mol. The Morgan fingerprint density at radius 1 is 1.37 bits per heavy atom. The van der Waals surface area contributed by atoms with E-state index in [1.807, 2.05) is 25.7 Å². The van der Waals surface area contributed by atoms with Gasteiger partial charge in [-0.25, -0.2) is 9.79 Å². The number of ether oxygens (including phenoxy) is 1. The van der Waals surface area contributed by atoms with Gasteiger partial charge in [0.25, 0.3) is 0 Å². The number of hydrogen-bond acceptors (Lipinski definition) is 4. The van der Waals surface area contributed by atoms with Gasteiger partial charge in [0.2, 0.25) is 0 Å². The van der Waals surface area contributed by atoms with Crippen LogP contribution in [0.3, 0.4) is 0 Å². The fourth-order valence-corrected chi connectivity index (χ4v) is 3.85. The van der Waals surface area contributed by atoms with Gasteiger partial charge in [-0.2, -0.15) is 0 Å². The molecule has 1 unspecified atom stereocenters. The van der Waals surface area contributed by atoms with Crippen molar-refractivity contribution < 1.29 is 9.53 Å². The second-order valence-corrected chi connectivity index (χ2v) is 9.40. The van der Waals surface area contributed by atoms with Crippen molar-refractivity contribution in [1.29, 1.82) is 0 Å². The Morgan fingerprint density at radius 3 is 2.78 bits per heavy atom. The normalized spacial score (nSPS) is 18.3. The monoisotopic (exact) mass is 394 g/mol. The second-order valence-electron chi connectivity index (χ2n) is 8.02. The van der Waals surface area contributed by atoms with E-state index in [1.54, 1.807) is 11.3 Å². The van der Waals surface area contributed by atoms with E-state index in [4.69, 9.17) is 4.74 Å².